The van der Waals surface area contributed by atoms with Crippen molar-refractivity contribution in [1.82, 2.24) is 4.57 Å². The van der Waals surface area contributed by atoms with Gasteiger partial charge in [-0.1, -0.05) is 161 Å². The van der Waals surface area contributed by atoms with Crippen LogP contribution >= 0.6 is 0 Å². The summed E-state index contributed by atoms with van der Waals surface area (Å²) in [5.74, 6) is 0. The van der Waals surface area contributed by atoms with Crippen LogP contribution in [-0.4, -0.2) is 4.57 Å². The second-order valence-electron chi connectivity index (χ2n) is 17.7. The average Bonchev–Trinajstić information content (AvgIpc) is 3.77. The normalized spacial score (nSPS) is 14.6. The highest BCUT2D eigenvalue weighted by Gasteiger charge is 2.37. The average molecular weight is 742 g/mol. The molecule has 0 spiro atoms. The molecular formula is C57H43N. The molecule has 0 atom stereocenters. The predicted octanol–water partition coefficient (Wildman–Crippen LogP) is 15.3. The van der Waals surface area contributed by atoms with E-state index in [0.29, 0.717) is 0 Å². The standard InChI is InChI=1S/C57H43N/c1-56(2)48-19-11-8-14-38(48)40-26-22-35(32-50(40)56)34-23-28-45-47(30-34)55(37-24-27-41-39-15-9-12-20-49(39)57(3,4)51(41)33-37)44-18-7-6-17-43(44)54(45)36-25-29-53-46(31-36)42-16-10-13-21-52(42)58(53)5/h6-33H,1-5H3. The smallest absolute Gasteiger partial charge is 0.0489 e. The Morgan fingerprint density at radius 1 is 0.310 bits per heavy atom. The second-order valence-corrected chi connectivity index (χ2v) is 17.7. The molecule has 1 nitrogen and oxygen atoms in total. The van der Waals surface area contributed by atoms with Crippen LogP contribution in [0.15, 0.2) is 170 Å². The van der Waals surface area contributed by atoms with Crippen LogP contribution in [0.3, 0.4) is 0 Å². The highest BCUT2D eigenvalue weighted by Crippen LogP contribution is 2.53. The van der Waals surface area contributed by atoms with Gasteiger partial charge in [0.15, 0.2) is 0 Å². The van der Waals surface area contributed by atoms with Gasteiger partial charge < -0.3 is 4.57 Å². The lowest BCUT2D eigenvalue weighted by atomic mass is 9.80. The van der Waals surface area contributed by atoms with Gasteiger partial charge in [0.05, 0.1) is 0 Å². The maximum atomic E-state index is 2.50. The minimum absolute atomic E-state index is 0.0671. The molecule has 9 aromatic carbocycles. The van der Waals surface area contributed by atoms with Gasteiger partial charge in [0.25, 0.3) is 0 Å². The van der Waals surface area contributed by atoms with Crippen molar-refractivity contribution in [2.24, 2.45) is 7.05 Å². The molecule has 58 heavy (non-hydrogen) atoms. The number of hydrogen-bond acceptors (Lipinski definition) is 0. The minimum atomic E-state index is -0.0959. The number of aromatic nitrogens is 1. The molecule has 2 aliphatic carbocycles. The summed E-state index contributed by atoms with van der Waals surface area (Å²) in [6.07, 6.45) is 0. The number of aryl methyl sites for hydroxylation is 1. The van der Waals surface area contributed by atoms with E-state index in [1.165, 1.54) is 121 Å². The maximum Gasteiger partial charge on any atom is 0.0489 e. The number of para-hydroxylation sites is 1. The molecule has 2 aliphatic rings. The third-order valence-corrected chi connectivity index (χ3v) is 14.0. The number of hydrogen-bond donors (Lipinski definition) is 0. The van der Waals surface area contributed by atoms with Gasteiger partial charge in [-0.05, 0) is 136 Å². The number of benzene rings is 9. The summed E-state index contributed by atoms with van der Waals surface area (Å²) < 4.78 is 2.32. The number of fused-ring (bicyclic) bond motifs is 11. The summed E-state index contributed by atoms with van der Waals surface area (Å²) in [7, 11) is 2.18. The van der Waals surface area contributed by atoms with Gasteiger partial charge in [-0.15, -0.1) is 0 Å². The molecule has 0 radical (unpaired) electrons. The van der Waals surface area contributed by atoms with E-state index in [9.17, 15) is 0 Å². The molecule has 0 N–H and O–H groups in total. The molecule has 12 rings (SSSR count). The molecule has 10 aromatic rings. The van der Waals surface area contributed by atoms with Crippen molar-refractivity contribution in [1.29, 1.82) is 0 Å². The Kier molecular flexibility index (Phi) is 6.74. The summed E-state index contributed by atoms with van der Waals surface area (Å²) in [5, 5.41) is 7.68. The van der Waals surface area contributed by atoms with Crippen LogP contribution in [0, 0.1) is 0 Å². The number of rotatable bonds is 3. The van der Waals surface area contributed by atoms with Gasteiger partial charge in [-0.25, -0.2) is 0 Å². The maximum absolute atomic E-state index is 2.50. The van der Waals surface area contributed by atoms with Crippen molar-refractivity contribution in [3.63, 3.8) is 0 Å². The fourth-order valence-corrected chi connectivity index (χ4v) is 11.0. The van der Waals surface area contributed by atoms with Crippen molar-refractivity contribution < 1.29 is 0 Å². The van der Waals surface area contributed by atoms with Crippen LogP contribution in [0.4, 0.5) is 0 Å². The van der Waals surface area contributed by atoms with Gasteiger partial charge >= 0.3 is 0 Å². The Morgan fingerprint density at radius 3 is 1.40 bits per heavy atom. The summed E-state index contributed by atoms with van der Waals surface area (Å²) in [6, 6.07) is 64.5. The molecule has 1 heterocycles. The zero-order valence-corrected chi connectivity index (χ0v) is 33.6. The third kappa shape index (κ3) is 4.42. The fourth-order valence-electron chi connectivity index (χ4n) is 11.0. The predicted molar refractivity (Wildman–Crippen MR) is 247 cm³/mol. The summed E-state index contributed by atoms with van der Waals surface area (Å²) in [4.78, 5) is 0. The van der Waals surface area contributed by atoms with Crippen LogP contribution in [-0.2, 0) is 17.9 Å². The van der Waals surface area contributed by atoms with E-state index in [0.717, 1.165) is 0 Å². The van der Waals surface area contributed by atoms with Crippen LogP contribution in [0.1, 0.15) is 49.9 Å². The monoisotopic (exact) mass is 741 g/mol. The molecule has 0 saturated heterocycles. The minimum Gasteiger partial charge on any atom is -0.344 e. The molecule has 0 unspecified atom stereocenters. The first kappa shape index (κ1) is 33.4. The Morgan fingerprint density at radius 2 is 0.724 bits per heavy atom. The van der Waals surface area contributed by atoms with E-state index in [-0.39, 0.29) is 10.8 Å². The Hall–Kier alpha value is -6.70. The lowest BCUT2D eigenvalue weighted by Gasteiger charge is -2.23. The van der Waals surface area contributed by atoms with Crippen molar-refractivity contribution in [3.05, 3.63) is 192 Å². The zero-order chi connectivity index (χ0) is 39.1. The SMILES string of the molecule is Cn1c2ccccc2c2cc(-c3c4ccccc4c(-c4ccc5c(c4)C(C)(C)c4ccccc4-5)c4cc(-c5ccc6c(c5)C(C)(C)c5ccccc5-6)ccc34)ccc21. The molecule has 1 heteroatoms. The van der Waals surface area contributed by atoms with E-state index in [1.807, 2.05) is 0 Å². The Bertz CT molecular complexity index is 3400. The summed E-state index contributed by atoms with van der Waals surface area (Å²) >= 11 is 0. The highest BCUT2D eigenvalue weighted by molar-refractivity contribution is 6.23. The Labute approximate surface area is 339 Å². The van der Waals surface area contributed by atoms with E-state index < -0.39 is 0 Å². The lowest BCUT2D eigenvalue weighted by Crippen LogP contribution is -2.14. The largest absolute Gasteiger partial charge is 0.344 e. The molecule has 0 aliphatic heterocycles. The quantitative estimate of drug-likeness (QED) is 0.159. The summed E-state index contributed by atoms with van der Waals surface area (Å²) in [6.45, 7) is 9.52. The van der Waals surface area contributed by atoms with Crippen molar-refractivity contribution >= 4 is 43.4 Å². The van der Waals surface area contributed by atoms with Gasteiger partial charge in [0, 0.05) is 39.7 Å². The fraction of sp³-hybridized carbons (Fsp3) is 0.123. The van der Waals surface area contributed by atoms with Gasteiger partial charge in [0.1, 0.15) is 0 Å². The molecule has 0 amide bonds. The molecule has 0 saturated carbocycles. The second kappa shape index (κ2) is 11.7. The van der Waals surface area contributed by atoms with Crippen molar-refractivity contribution in [2.45, 2.75) is 38.5 Å². The van der Waals surface area contributed by atoms with Crippen LogP contribution in [0.25, 0.3) is 99.0 Å². The van der Waals surface area contributed by atoms with Crippen LogP contribution in [0.2, 0.25) is 0 Å². The first-order valence-corrected chi connectivity index (χ1v) is 20.7. The first-order valence-electron chi connectivity index (χ1n) is 20.7. The van der Waals surface area contributed by atoms with E-state index in [2.05, 4.69) is 209 Å². The first-order chi connectivity index (χ1) is 28.2. The highest BCUT2D eigenvalue weighted by atomic mass is 14.9. The summed E-state index contributed by atoms with van der Waals surface area (Å²) in [5.41, 5.74) is 20.9. The van der Waals surface area contributed by atoms with Crippen LogP contribution in [0.5, 0.6) is 0 Å². The lowest BCUT2D eigenvalue weighted by molar-refractivity contribution is 0.660. The third-order valence-electron chi connectivity index (χ3n) is 14.0. The topological polar surface area (TPSA) is 4.93 Å². The molecule has 0 fully saturated rings. The number of nitrogens with zero attached hydrogens (tertiary/aromatic N) is 1. The Balaban J connectivity index is 1.14. The molecule has 1 aromatic heterocycles. The van der Waals surface area contributed by atoms with E-state index >= 15 is 0 Å². The van der Waals surface area contributed by atoms with Crippen molar-refractivity contribution in [2.75, 3.05) is 0 Å². The van der Waals surface area contributed by atoms with E-state index in [4.69, 9.17) is 0 Å². The van der Waals surface area contributed by atoms with Gasteiger partial charge in [0.2, 0.25) is 0 Å². The van der Waals surface area contributed by atoms with E-state index in [1.54, 1.807) is 0 Å². The molecular weight excluding hydrogens is 699 g/mol. The van der Waals surface area contributed by atoms with Gasteiger partial charge in [-0.2, -0.15) is 0 Å². The molecule has 276 valence electrons. The van der Waals surface area contributed by atoms with Crippen LogP contribution < -0.4 is 0 Å². The van der Waals surface area contributed by atoms with Crippen molar-refractivity contribution in [3.8, 4) is 55.6 Å². The van der Waals surface area contributed by atoms with Gasteiger partial charge in [-0.3, -0.25) is 0 Å². The zero-order valence-electron chi connectivity index (χ0n) is 33.6. The molecule has 0 bridgehead atoms.